The summed E-state index contributed by atoms with van der Waals surface area (Å²) in [6, 6.07) is 23.0. The van der Waals surface area contributed by atoms with E-state index in [1.807, 2.05) is 63.9 Å². The number of thiophene rings is 1. The van der Waals surface area contributed by atoms with E-state index in [1.165, 1.54) is 79.6 Å². The molecule has 3 saturated carbocycles. The molecule has 0 spiro atoms. The fraction of sp³-hybridized carbons (Fsp3) is 0.557. The lowest BCUT2D eigenvalue weighted by Gasteiger charge is -2.32. The predicted molar refractivity (Wildman–Crippen MR) is 534 cm³/mol. The molecule has 5 fully saturated rings. The SMILES string of the molecule is CCN(CCO)C(=O)c1ccc2c(c1)n(CC1CC1)c(=O)n2C1CCCCC1.CCOCCCNC(=O)Nc1ccc(N=CN=CN)c(Cl)c1.COCCNC(=O)c1ccc(OC)cc1OC1CCN(Cc2csc(C(C)=O)c2)CC1.COCCn1cnc2cc(NC(=O)C3CCCCC3)cc(C(=O)CCCCSC)c21.Cc1cc(=O)[nH]c(SC(C)C(=O)NCCN2CCC(O)CC2)n1. The number of unbranched alkanes of at least 4 members (excludes halogenated alkanes) is 1. The number of carbonyl (C=O) groups is 7. The molecule has 33 nitrogen and oxygen atoms in total. The van der Waals surface area contributed by atoms with Crippen LogP contribution in [0.1, 0.15) is 214 Å². The Kier molecular flexibility index (Phi) is 46.6. The molecule has 37 heteroatoms. The number of likely N-dealkylation sites (N-methyl/N-ethyl adjacent to an activating group) is 1. The number of fused-ring (bicyclic) bond motifs is 2. The number of H-pyrrole nitrogens is 1. The minimum atomic E-state index is -0.330. The quantitative estimate of drug-likeness (QED) is 0.00428. The number of hydrogen-bond acceptors (Lipinski definition) is 24. The van der Waals surface area contributed by atoms with Crippen LogP contribution in [0.3, 0.4) is 0 Å². The molecule has 1 atom stereocenters. The number of likely N-dealkylation sites (tertiary alicyclic amines) is 2. The maximum Gasteiger partial charge on any atom is 0.329 e. The fourth-order valence-electron chi connectivity index (χ4n) is 16.2. The number of imidazole rings is 2. The number of ether oxygens (including phenoxy) is 5. The average molecular weight is 1930 g/mol. The van der Waals surface area contributed by atoms with Crippen LogP contribution in [0.2, 0.25) is 5.02 Å². The molecule has 3 aliphatic carbocycles. The van der Waals surface area contributed by atoms with Crippen LogP contribution in [-0.2, 0) is 43.4 Å². The van der Waals surface area contributed by atoms with Crippen LogP contribution in [0, 0.1) is 18.8 Å². The lowest BCUT2D eigenvalue weighted by molar-refractivity contribution is -0.121. The number of hydrogen-bond donors (Lipinski definition) is 9. The van der Waals surface area contributed by atoms with Crippen molar-refractivity contribution in [3.8, 4) is 11.5 Å². The first-order chi connectivity index (χ1) is 64.9. The Bertz CT molecular complexity index is 5240. The number of aliphatic hydroxyl groups is 2. The molecule has 6 heterocycles. The van der Waals surface area contributed by atoms with Crippen molar-refractivity contribution in [3.63, 3.8) is 0 Å². The van der Waals surface area contributed by atoms with Gasteiger partial charge in [-0.3, -0.25) is 47.6 Å². The van der Waals surface area contributed by atoms with Crippen molar-refractivity contribution in [2.24, 2.45) is 27.6 Å². The van der Waals surface area contributed by atoms with Crippen LogP contribution >= 0.6 is 46.5 Å². The second kappa shape index (κ2) is 57.9. The summed E-state index contributed by atoms with van der Waals surface area (Å²) in [4.78, 5) is 137. The highest BCUT2D eigenvalue weighted by atomic mass is 35.5. The van der Waals surface area contributed by atoms with Crippen LogP contribution in [0.15, 0.2) is 115 Å². The number of aliphatic imine (C=N–C) groups is 2. The van der Waals surface area contributed by atoms with Gasteiger partial charge in [0.25, 0.3) is 17.4 Å². The number of piperidine rings is 2. The Morgan fingerprint density at radius 3 is 2.17 bits per heavy atom. The van der Waals surface area contributed by atoms with Crippen molar-refractivity contribution >= 4 is 139 Å². The van der Waals surface area contributed by atoms with Gasteiger partial charge in [-0.15, -0.1) is 11.3 Å². The molecule has 13 rings (SSSR count). The normalized spacial score (nSPS) is 15.4. The van der Waals surface area contributed by atoms with Crippen LogP contribution in [0.4, 0.5) is 21.9 Å². The molecule has 2 aliphatic heterocycles. The molecule has 2 saturated heterocycles. The summed E-state index contributed by atoms with van der Waals surface area (Å²) >= 11 is 10.6. The van der Waals surface area contributed by atoms with Gasteiger partial charge in [-0.05, 0) is 214 Å². The van der Waals surface area contributed by atoms with Crippen molar-refractivity contribution in [1.29, 1.82) is 0 Å². The summed E-state index contributed by atoms with van der Waals surface area (Å²) in [7, 11) is 4.86. The molecule has 0 radical (unpaired) electrons. The van der Waals surface area contributed by atoms with Gasteiger partial charge in [-0.2, -0.15) is 11.8 Å². The first-order valence-corrected chi connectivity index (χ1v) is 50.4. The first-order valence-electron chi connectivity index (χ1n) is 46.9. The topological polar surface area (TPSA) is 417 Å². The minimum Gasteiger partial charge on any atom is -0.497 e. The van der Waals surface area contributed by atoms with E-state index >= 15 is 0 Å². The van der Waals surface area contributed by atoms with E-state index in [4.69, 9.17) is 41.0 Å². The number of ketones is 2. The highest BCUT2D eigenvalue weighted by molar-refractivity contribution is 8.00. The van der Waals surface area contributed by atoms with E-state index in [9.17, 15) is 53.4 Å². The van der Waals surface area contributed by atoms with Gasteiger partial charge in [0.05, 0.1) is 94.2 Å². The monoisotopic (exact) mass is 1930 g/mol. The number of anilines is 2. The highest BCUT2D eigenvalue weighted by Gasteiger charge is 2.31. The molecule has 5 aliphatic rings. The van der Waals surface area contributed by atoms with Gasteiger partial charge < -0.3 is 85.6 Å². The number of nitrogens with zero attached hydrogens (tertiary/aromatic N) is 10. The second-order valence-corrected chi connectivity index (χ2v) is 37.5. The minimum absolute atomic E-state index is 0.0316. The maximum atomic E-state index is 13.3. The first kappa shape index (κ1) is 108. The largest absolute Gasteiger partial charge is 0.497 e. The van der Waals surface area contributed by atoms with Crippen LogP contribution < -0.4 is 53.0 Å². The Morgan fingerprint density at radius 2 is 1.51 bits per heavy atom. The number of carbonyl (C=O) groups excluding carboxylic acids is 7. The zero-order valence-corrected chi connectivity index (χ0v) is 82.3. The standard InChI is InChI=1S/C23H33N3O3S.C23H30N2O5S.C22H31N3O3.C15H24N4O3S.C14H20ClN5O2/c1-29-12-11-26-16-24-20-15-18(25-23(28)17-8-4-3-5-9-17)14-19(22(20)26)21(27)10-6-7-13-30-2;1-16(26)22-12-17(15-31-22)14-25-9-6-18(7-10-25)30-21-13-19(29-3)4-5-20(21)23(27)24-8-11-28-2;1-2-23(12-13-26)21(27)17-10-11-19-20(14-17)24(15-16-8-9-16)22(28)25(19)18-6-4-3-5-7-18;1-10-9-13(21)18-15(17-10)23-11(2)14(22)16-5-8-19-6-3-12(20)4-7-19;1-2-22-7-3-6-18-14(21)20-11-4-5-13(12(15)8-11)19-10-17-9-16/h14-17H,3-13H2,1-2H3,(H,25,28);4-5,12-13,15,18H,6-11,14H2,1-3H3,(H,24,27);10-11,14,16,18,26H,2-9,12-13,15H2,1H3;9,11-12,20H,3-8H2,1-2H3,(H,16,22)(H,17,18,21);4-5,8-10H,2-3,6-7H2,1H3,(H2,16,17,19)(H2,18,20,21). The van der Waals surface area contributed by atoms with Crippen molar-refractivity contribution in [1.82, 2.24) is 59.3 Å². The number of aromatic nitrogens is 6. The highest BCUT2D eigenvalue weighted by Crippen LogP contribution is 2.37. The number of thioether (sulfide) groups is 2. The third-order valence-corrected chi connectivity index (χ3v) is 26.7. The number of Topliss-reactive ketones (excluding diaryl/α,β-unsaturated/α-hetero) is 2. The van der Waals surface area contributed by atoms with E-state index in [-0.39, 0.29) is 88.5 Å². The summed E-state index contributed by atoms with van der Waals surface area (Å²) in [5.41, 5.74) is 13.7. The zero-order valence-electron chi connectivity index (χ0n) is 79.1. The summed E-state index contributed by atoms with van der Waals surface area (Å²) < 4.78 is 32.8. The van der Waals surface area contributed by atoms with Gasteiger partial charge in [-0.25, -0.2) is 29.5 Å². The van der Waals surface area contributed by atoms with E-state index in [0.717, 1.165) is 168 Å². The number of aryl methyl sites for hydroxylation is 1. The molecule has 10 N–H and O–H groups in total. The number of nitrogens with one attached hydrogen (secondary N) is 6. The lowest BCUT2D eigenvalue weighted by atomic mass is 9.88. The van der Waals surface area contributed by atoms with E-state index < -0.39 is 0 Å². The molecular weight excluding hydrogens is 1790 g/mol. The van der Waals surface area contributed by atoms with Gasteiger partial charge in [0, 0.05) is 171 Å². The number of amides is 6. The lowest BCUT2D eigenvalue weighted by Crippen LogP contribution is -2.42. The second-order valence-electron chi connectivity index (χ2n) is 33.9. The molecule has 8 aromatic rings. The van der Waals surface area contributed by atoms with E-state index in [2.05, 4.69) is 73.0 Å². The van der Waals surface area contributed by atoms with Gasteiger partial charge >= 0.3 is 11.7 Å². The van der Waals surface area contributed by atoms with Crippen molar-refractivity contribution in [2.45, 2.75) is 211 Å². The zero-order chi connectivity index (χ0) is 96.3. The van der Waals surface area contributed by atoms with Crippen LogP contribution in [-0.4, -0.2) is 257 Å². The van der Waals surface area contributed by atoms with Crippen LogP contribution in [0.5, 0.6) is 11.5 Å². The molecule has 6 amide bonds. The number of rotatable bonds is 42. The molecule has 1 unspecified atom stereocenters. The Hall–Kier alpha value is -9.86. The van der Waals surface area contributed by atoms with Crippen molar-refractivity contribution < 1.29 is 67.5 Å². The molecule has 732 valence electrons. The molecule has 0 bridgehead atoms. The Labute approximate surface area is 803 Å². The molecule has 4 aromatic heterocycles. The number of nitrogens with two attached hydrogens (primary N) is 1. The third-order valence-electron chi connectivity index (χ3n) is 23.7. The van der Waals surface area contributed by atoms with Crippen molar-refractivity contribution in [2.75, 3.05) is 142 Å². The molecular formula is C97H138ClN17O16S3. The number of urea groups is 1. The maximum absolute atomic E-state index is 13.3. The Balaban J connectivity index is 0.000000189. The van der Waals surface area contributed by atoms with Gasteiger partial charge in [-0.1, -0.05) is 61.9 Å². The van der Waals surface area contributed by atoms with Gasteiger partial charge in [0.15, 0.2) is 16.7 Å². The summed E-state index contributed by atoms with van der Waals surface area (Å²) in [5, 5.41) is 35.5. The van der Waals surface area contributed by atoms with E-state index in [1.54, 1.807) is 101 Å². The number of halogens is 1. The fourth-order valence-corrected chi connectivity index (χ4v) is 18.6. The van der Waals surface area contributed by atoms with Crippen LogP contribution in [0.25, 0.3) is 22.1 Å². The third kappa shape index (κ3) is 35.0. The number of methoxy groups -OCH3 is 3. The Morgan fingerprint density at radius 1 is 0.769 bits per heavy atom. The summed E-state index contributed by atoms with van der Waals surface area (Å²) in [6.07, 6.45) is 26.0. The van der Waals surface area contributed by atoms with E-state index in [0.29, 0.717) is 139 Å². The summed E-state index contributed by atoms with van der Waals surface area (Å²) in [5.74, 6) is 2.84. The van der Waals surface area contributed by atoms with Crippen molar-refractivity contribution in [3.05, 3.63) is 149 Å². The smallest absolute Gasteiger partial charge is 0.329 e. The van der Waals surface area contributed by atoms with Gasteiger partial charge in [0.2, 0.25) is 11.8 Å². The molecule has 4 aromatic carbocycles. The molecule has 134 heavy (non-hydrogen) atoms. The average Bonchev–Trinajstić information content (AvgIpc) is 1.59. The predicted octanol–water partition coefficient (Wildman–Crippen LogP) is 14.1. The number of benzene rings is 4. The van der Waals surface area contributed by atoms with Gasteiger partial charge in [0.1, 0.15) is 23.9 Å². The summed E-state index contributed by atoms with van der Waals surface area (Å²) in [6.45, 7) is 20.2. The number of aliphatic hydroxyl groups excluding tert-OH is 2. The number of aromatic amines is 1.